The minimum absolute atomic E-state index is 0.0645. The molecule has 4 heteroatoms. The van der Waals surface area contributed by atoms with Gasteiger partial charge in [0.25, 0.3) is 0 Å². The van der Waals surface area contributed by atoms with Gasteiger partial charge in [-0.05, 0) is 33.6 Å². The van der Waals surface area contributed by atoms with Gasteiger partial charge in [0.15, 0.2) is 0 Å². The van der Waals surface area contributed by atoms with Crippen LogP contribution in [0.1, 0.15) is 56.6 Å². The molecule has 96 valence electrons. The Labute approximate surface area is 103 Å². The quantitative estimate of drug-likeness (QED) is 0.877. The number of aromatic nitrogens is 2. The zero-order chi connectivity index (χ0) is 13.3. The van der Waals surface area contributed by atoms with Crippen molar-refractivity contribution in [3.8, 4) is 0 Å². The van der Waals surface area contributed by atoms with Crippen LogP contribution in [-0.4, -0.2) is 20.9 Å². The van der Waals surface area contributed by atoms with Gasteiger partial charge < -0.3 is 5.11 Å². The van der Waals surface area contributed by atoms with Crippen LogP contribution in [0.3, 0.4) is 0 Å². The van der Waals surface area contributed by atoms with E-state index >= 15 is 0 Å². The minimum Gasteiger partial charge on any atom is -0.481 e. The highest BCUT2D eigenvalue weighted by atomic mass is 16.4. The number of aliphatic carboxylic acids is 1. The first-order chi connectivity index (χ1) is 7.77. The van der Waals surface area contributed by atoms with Crippen molar-refractivity contribution in [1.82, 2.24) is 9.78 Å². The first-order valence-electron chi connectivity index (χ1n) is 6.05. The molecule has 17 heavy (non-hydrogen) atoms. The van der Waals surface area contributed by atoms with Crippen LogP contribution in [0.2, 0.25) is 0 Å². The molecule has 1 heterocycles. The zero-order valence-electron chi connectivity index (χ0n) is 11.5. The molecular formula is C13H22N2O2. The van der Waals surface area contributed by atoms with E-state index in [4.69, 9.17) is 0 Å². The number of carbonyl (C=O) groups is 1. The van der Waals surface area contributed by atoms with E-state index < -0.39 is 11.9 Å². The first-order valence-corrected chi connectivity index (χ1v) is 6.05. The Morgan fingerprint density at radius 1 is 1.24 bits per heavy atom. The van der Waals surface area contributed by atoms with Gasteiger partial charge in [-0.25, -0.2) is 0 Å². The van der Waals surface area contributed by atoms with Gasteiger partial charge in [-0.1, -0.05) is 13.8 Å². The van der Waals surface area contributed by atoms with Gasteiger partial charge in [-0.2, -0.15) is 5.10 Å². The molecule has 0 fully saturated rings. The molecule has 1 atom stereocenters. The first kappa shape index (κ1) is 13.7. The average Bonchev–Trinajstić information content (AvgIpc) is 2.44. The number of carboxylic acid groups (broad SMARTS) is 1. The summed E-state index contributed by atoms with van der Waals surface area (Å²) in [6.45, 7) is 11.8. The molecule has 1 unspecified atom stereocenters. The molecule has 1 N–H and O–H groups in total. The Balaban J connectivity index is 3.34. The summed E-state index contributed by atoms with van der Waals surface area (Å²) in [5.74, 6) is -1.17. The molecular weight excluding hydrogens is 216 g/mol. The Bertz CT molecular complexity index is 419. The Hall–Kier alpha value is -1.32. The van der Waals surface area contributed by atoms with Gasteiger partial charge in [-0.3, -0.25) is 9.48 Å². The second kappa shape index (κ2) is 4.90. The molecule has 0 aliphatic rings. The molecule has 0 spiro atoms. The van der Waals surface area contributed by atoms with Crippen LogP contribution in [0.25, 0.3) is 0 Å². The summed E-state index contributed by atoms with van der Waals surface area (Å²) in [6.07, 6.45) is 0. The van der Waals surface area contributed by atoms with Crippen molar-refractivity contribution in [3.63, 3.8) is 0 Å². The highest BCUT2D eigenvalue weighted by Crippen LogP contribution is 2.31. The second-order valence-corrected chi connectivity index (χ2v) is 5.18. The molecule has 0 amide bonds. The van der Waals surface area contributed by atoms with E-state index in [1.165, 1.54) is 0 Å². The Kier molecular flexibility index (Phi) is 3.96. The minimum atomic E-state index is -0.769. The van der Waals surface area contributed by atoms with Gasteiger partial charge in [0, 0.05) is 17.3 Å². The van der Waals surface area contributed by atoms with Crippen LogP contribution in [0.15, 0.2) is 0 Å². The van der Waals surface area contributed by atoms with Crippen LogP contribution in [0, 0.1) is 19.8 Å². The highest BCUT2D eigenvalue weighted by Gasteiger charge is 2.29. The molecule has 4 nitrogen and oxygen atoms in total. The fraction of sp³-hybridized carbons (Fsp3) is 0.692. The lowest BCUT2D eigenvalue weighted by molar-refractivity contribution is -0.139. The number of rotatable bonds is 4. The van der Waals surface area contributed by atoms with E-state index in [2.05, 4.69) is 5.10 Å². The third-order valence-corrected chi connectivity index (χ3v) is 3.11. The molecule has 0 saturated heterocycles. The zero-order valence-corrected chi connectivity index (χ0v) is 11.5. The standard InChI is InChI=1S/C13H22N2O2/c1-7(2)11(13(16)17)12-9(5)14-15(8(3)4)10(12)6/h7-8,11H,1-6H3,(H,16,17). The largest absolute Gasteiger partial charge is 0.481 e. The lowest BCUT2D eigenvalue weighted by Crippen LogP contribution is -2.19. The number of nitrogens with zero attached hydrogens (tertiary/aromatic N) is 2. The maximum Gasteiger partial charge on any atom is 0.311 e. The molecule has 1 aromatic rings. The second-order valence-electron chi connectivity index (χ2n) is 5.18. The molecule has 0 aliphatic heterocycles. The number of carboxylic acids is 1. The molecule has 0 aliphatic carbocycles. The lowest BCUT2D eigenvalue weighted by Gasteiger charge is -2.17. The van der Waals surface area contributed by atoms with E-state index in [9.17, 15) is 9.90 Å². The summed E-state index contributed by atoms with van der Waals surface area (Å²) in [6, 6.07) is 0.254. The molecule has 0 radical (unpaired) electrons. The summed E-state index contributed by atoms with van der Waals surface area (Å²) >= 11 is 0. The summed E-state index contributed by atoms with van der Waals surface area (Å²) in [5.41, 5.74) is 2.68. The van der Waals surface area contributed by atoms with Crippen molar-refractivity contribution in [2.45, 2.75) is 53.5 Å². The van der Waals surface area contributed by atoms with Crippen molar-refractivity contribution >= 4 is 5.97 Å². The van der Waals surface area contributed by atoms with E-state index in [-0.39, 0.29) is 12.0 Å². The monoisotopic (exact) mass is 238 g/mol. The van der Waals surface area contributed by atoms with Gasteiger partial charge in [0.1, 0.15) is 0 Å². The molecule has 1 rings (SSSR count). The third kappa shape index (κ3) is 2.51. The van der Waals surface area contributed by atoms with Gasteiger partial charge in [-0.15, -0.1) is 0 Å². The maximum atomic E-state index is 11.4. The highest BCUT2D eigenvalue weighted by molar-refractivity contribution is 5.77. The van der Waals surface area contributed by atoms with Crippen molar-refractivity contribution in [2.75, 3.05) is 0 Å². The van der Waals surface area contributed by atoms with Crippen LogP contribution in [0.5, 0.6) is 0 Å². The van der Waals surface area contributed by atoms with Crippen molar-refractivity contribution in [3.05, 3.63) is 17.0 Å². The van der Waals surface area contributed by atoms with Crippen LogP contribution in [0.4, 0.5) is 0 Å². The van der Waals surface area contributed by atoms with Crippen LogP contribution < -0.4 is 0 Å². The van der Waals surface area contributed by atoms with Crippen molar-refractivity contribution < 1.29 is 9.90 Å². The summed E-state index contributed by atoms with van der Waals surface area (Å²) in [4.78, 5) is 11.4. The smallest absolute Gasteiger partial charge is 0.311 e. The normalized spacial score (nSPS) is 13.4. The van der Waals surface area contributed by atoms with Gasteiger partial charge in [0.05, 0.1) is 11.6 Å². The summed E-state index contributed by atoms with van der Waals surface area (Å²) < 4.78 is 1.91. The third-order valence-electron chi connectivity index (χ3n) is 3.11. The molecule has 0 bridgehead atoms. The lowest BCUT2D eigenvalue weighted by atomic mass is 9.87. The van der Waals surface area contributed by atoms with E-state index in [0.29, 0.717) is 0 Å². The number of hydrogen-bond donors (Lipinski definition) is 1. The van der Waals surface area contributed by atoms with Crippen molar-refractivity contribution in [1.29, 1.82) is 0 Å². The predicted molar refractivity (Wildman–Crippen MR) is 67.3 cm³/mol. The van der Waals surface area contributed by atoms with Gasteiger partial charge in [0.2, 0.25) is 0 Å². The number of hydrogen-bond acceptors (Lipinski definition) is 2. The SMILES string of the molecule is Cc1nn(C(C)C)c(C)c1C(C(=O)O)C(C)C. The van der Waals surface area contributed by atoms with E-state index in [1.54, 1.807) is 0 Å². The van der Waals surface area contributed by atoms with E-state index in [0.717, 1.165) is 17.0 Å². The van der Waals surface area contributed by atoms with Crippen LogP contribution >= 0.6 is 0 Å². The topological polar surface area (TPSA) is 55.1 Å². The Morgan fingerprint density at radius 2 is 1.76 bits per heavy atom. The maximum absolute atomic E-state index is 11.4. The Morgan fingerprint density at radius 3 is 2.06 bits per heavy atom. The molecule has 0 saturated carbocycles. The van der Waals surface area contributed by atoms with Crippen LogP contribution in [-0.2, 0) is 4.79 Å². The van der Waals surface area contributed by atoms with E-state index in [1.807, 2.05) is 46.2 Å². The summed E-state index contributed by atoms with van der Waals surface area (Å²) in [5, 5.41) is 13.8. The molecule has 1 aromatic heterocycles. The summed E-state index contributed by atoms with van der Waals surface area (Å²) in [7, 11) is 0. The average molecular weight is 238 g/mol. The van der Waals surface area contributed by atoms with Crippen molar-refractivity contribution in [2.24, 2.45) is 5.92 Å². The number of aryl methyl sites for hydroxylation is 1. The predicted octanol–water partition coefficient (Wildman–Crippen LogP) is 2.91. The fourth-order valence-electron chi connectivity index (χ4n) is 2.37. The van der Waals surface area contributed by atoms with Gasteiger partial charge >= 0.3 is 5.97 Å². The fourth-order valence-corrected chi connectivity index (χ4v) is 2.37. The molecule has 0 aromatic carbocycles.